The third-order valence-corrected chi connectivity index (χ3v) is 3.80. The summed E-state index contributed by atoms with van der Waals surface area (Å²) in [5.74, 6) is -0.297. The normalized spacial score (nSPS) is 11.1. The van der Waals surface area contributed by atoms with Crippen LogP contribution in [0.4, 0.5) is 5.69 Å². The van der Waals surface area contributed by atoms with E-state index in [1.54, 1.807) is 24.3 Å². The van der Waals surface area contributed by atoms with E-state index < -0.39 is 0 Å². The minimum absolute atomic E-state index is 0.297. The van der Waals surface area contributed by atoms with Crippen LogP contribution in [0.5, 0.6) is 0 Å². The molecule has 0 aliphatic rings. The van der Waals surface area contributed by atoms with Gasteiger partial charge in [-0.1, -0.05) is 6.58 Å². The lowest BCUT2D eigenvalue weighted by molar-refractivity contribution is -0.919. The van der Waals surface area contributed by atoms with Gasteiger partial charge in [0.25, 0.3) is 0 Å². The van der Waals surface area contributed by atoms with Crippen molar-refractivity contribution >= 4 is 11.7 Å². The second kappa shape index (κ2) is 7.70. The molecule has 4 nitrogen and oxygen atoms in total. The SMILES string of the molecule is C=CC[N+](CC)(CC)CCOC(=O)c1ccc(N)cc1. The average molecular weight is 277 g/mol. The molecule has 0 unspecified atom stereocenters. The summed E-state index contributed by atoms with van der Waals surface area (Å²) in [4.78, 5) is 11.9. The van der Waals surface area contributed by atoms with Gasteiger partial charge in [0.05, 0.1) is 25.2 Å². The Morgan fingerprint density at radius 3 is 2.40 bits per heavy atom. The Morgan fingerprint density at radius 1 is 1.30 bits per heavy atom. The molecule has 0 spiro atoms. The van der Waals surface area contributed by atoms with Crippen molar-refractivity contribution in [1.82, 2.24) is 0 Å². The smallest absolute Gasteiger partial charge is 0.338 e. The van der Waals surface area contributed by atoms with E-state index in [0.717, 1.165) is 30.7 Å². The molecule has 0 aliphatic heterocycles. The molecule has 1 aromatic rings. The van der Waals surface area contributed by atoms with Crippen molar-refractivity contribution in [2.45, 2.75) is 13.8 Å². The van der Waals surface area contributed by atoms with E-state index >= 15 is 0 Å². The first-order chi connectivity index (χ1) is 9.56. The number of hydrogen-bond donors (Lipinski definition) is 1. The van der Waals surface area contributed by atoms with Crippen LogP contribution in [0.3, 0.4) is 0 Å². The molecule has 0 aliphatic carbocycles. The van der Waals surface area contributed by atoms with Gasteiger partial charge < -0.3 is 15.0 Å². The van der Waals surface area contributed by atoms with Gasteiger partial charge in [-0.25, -0.2) is 4.79 Å². The van der Waals surface area contributed by atoms with Crippen molar-refractivity contribution in [1.29, 1.82) is 0 Å². The first-order valence-corrected chi connectivity index (χ1v) is 7.05. The molecule has 0 fully saturated rings. The minimum atomic E-state index is -0.297. The Balaban J connectivity index is 2.52. The van der Waals surface area contributed by atoms with E-state index in [4.69, 9.17) is 10.5 Å². The Kier molecular flexibility index (Phi) is 6.25. The largest absolute Gasteiger partial charge is 0.456 e. The number of nitrogens with two attached hydrogens (primary N) is 1. The average Bonchev–Trinajstić information content (AvgIpc) is 2.47. The number of likely N-dealkylation sites (N-methyl/N-ethyl adjacent to an activating group) is 1. The molecule has 0 saturated carbocycles. The van der Waals surface area contributed by atoms with Crippen molar-refractivity contribution < 1.29 is 14.0 Å². The highest BCUT2D eigenvalue weighted by Gasteiger charge is 2.21. The van der Waals surface area contributed by atoms with Gasteiger partial charge in [-0.3, -0.25) is 0 Å². The highest BCUT2D eigenvalue weighted by atomic mass is 16.5. The maximum absolute atomic E-state index is 11.9. The summed E-state index contributed by atoms with van der Waals surface area (Å²) in [5.41, 5.74) is 6.76. The first-order valence-electron chi connectivity index (χ1n) is 7.05. The number of ether oxygens (including phenoxy) is 1. The Bertz CT molecular complexity index is 436. The maximum Gasteiger partial charge on any atom is 0.338 e. The Hall–Kier alpha value is -1.81. The van der Waals surface area contributed by atoms with E-state index in [1.807, 2.05) is 6.08 Å². The molecule has 1 rings (SSSR count). The van der Waals surface area contributed by atoms with Gasteiger partial charge in [0, 0.05) is 5.69 Å². The van der Waals surface area contributed by atoms with Crippen LogP contribution in [0.1, 0.15) is 24.2 Å². The first kappa shape index (κ1) is 16.2. The number of anilines is 1. The summed E-state index contributed by atoms with van der Waals surface area (Å²) in [6.07, 6.45) is 1.93. The van der Waals surface area contributed by atoms with Gasteiger partial charge in [0.2, 0.25) is 0 Å². The van der Waals surface area contributed by atoms with Gasteiger partial charge in [0.1, 0.15) is 13.2 Å². The number of quaternary nitrogens is 1. The van der Waals surface area contributed by atoms with Crippen molar-refractivity contribution in [2.24, 2.45) is 0 Å². The molecule has 0 amide bonds. The number of hydrogen-bond acceptors (Lipinski definition) is 3. The highest BCUT2D eigenvalue weighted by molar-refractivity contribution is 5.89. The molecular formula is C16H25N2O2+. The molecule has 20 heavy (non-hydrogen) atoms. The number of rotatable bonds is 8. The lowest BCUT2D eigenvalue weighted by Crippen LogP contribution is -2.50. The Morgan fingerprint density at radius 2 is 1.90 bits per heavy atom. The van der Waals surface area contributed by atoms with Gasteiger partial charge >= 0.3 is 5.97 Å². The molecule has 4 heteroatoms. The molecular weight excluding hydrogens is 252 g/mol. The molecule has 0 bridgehead atoms. The third-order valence-electron chi connectivity index (χ3n) is 3.80. The number of nitrogen functional groups attached to an aromatic ring is 1. The molecule has 1 aromatic carbocycles. The van der Waals surface area contributed by atoms with Crippen LogP contribution in [-0.2, 0) is 4.74 Å². The zero-order valence-corrected chi connectivity index (χ0v) is 12.5. The van der Waals surface area contributed by atoms with Gasteiger partial charge in [-0.15, -0.1) is 0 Å². The molecule has 0 radical (unpaired) electrons. The number of carbonyl (C=O) groups is 1. The van der Waals surface area contributed by atoms with Crippen LogP contribution >= 0.6 is 0 Å². The van der Waals surface area contributed by atoms with Gasteiger partial charge in [0.15, 0.2) is 0 Å². The van der Waals surface area contributed by atoms with Crippen LogP contribution < -0.4 is 5.73 Å². The van der Waals surface area contributed by atoms with Crippen LogP contribution in [0, 0.1) is 0 Å². The summed E-state index contributed by atoms with van der Waals surface area (Å²) in [6, 6.07) is 6.77. The van der Waals surface area contributed by atoms with Gasteiger partial charge in [-0.2, -0.15) is 0 Å². The van der Waals surface area contributed by atoms with Crippen LogP contribution in [0.25, 0.3) is 0 Å². The van der Waals surface area contributed by atoms with E-state index in [-0.39, 0.29) is 5.97 Å². The molecule has 110 valence electrons. The fraction of sp³-hybridized carbons (Fsp3) is 0.438. The summed E-state index contributed by atoms with van der Waals surface area (Å²) in [6.45, 7) is 12.2. The number of esters is 1. The molecule has 0 saturated heterocycles. The zero-order chi connectivity index (χ0) is 15.0. The Labute approximate surface area is 121 Å². The predicted molar refractivity (Wildman–Crippen MR) is 82.4 cm³/mol. The monoisotopic (exact) mass is 277 g/mol. The second-order valence-electron chi connectivity index (χ2n) is 4.93. The molecule has 0 atom stereocenters. The quantitative estimate of drug-likeness (QED) is 0.344. The lowest BCUT2D eigenvalue weighted by Gasteiger charge is -2.35. The summed E-state index contributed by atoms with van der Waals surface area (Å²) >= 11 is 0. The van der Waals surface area contributed by atoms with Gasteiger partial charge in [-0.05, 0) is 44.2 Å². The lowest BCUT2D eigenvalue weighted by atomic mass is 10.2. The van der Waals surface area contributed by atoms with Crippen molar-refractivity contribution in [2.75, 3.05) is 38.5 Å². The fourth-order valence-electron chi connectivity index (χ4n) is 2.20. The number of carbonyl (C=O) groups excluding carboxylic acids is 1. The second-order valence-corrected chi connectivity index (χ2v) is 4.93. The predicted octanol–water partition coefficient (Wildman–Crippen LogP) is 2.47. The van der Waals surface area contributed by atoms with E-state index in [0.29, 0.717) is 17.9 Å². The maximum atomic E-state index is 11.9. The summed E-state index contributed by atoms with van der Waals surface area (Å²) < 4.78 is 6.23. The van der Waals surface area contributed by atoms with Crippen molar-refractivity contribution in [3.8, 4) is 0 Å². The number of nitrogens with zero attached hydrogens (tertiary/aromatic N) is 1. The summed E-state index contributed by atoms with van der Waals surface area (Å²) in [7, 11) is 0. The van der Waals surface area contributed by atoms with Crippen LogP contribution in [-0.4, -0.2) is 43.2 Å². The third kappa shape index (κ3) is 4.38. The van der Waals surface area contributed by atoms with Crippen molar-refractivity contribution in [3.63, 3.8) is 0 Å². The molecule has 0 aromatic heterocycles. The highest BCUT2D eigenvalue weighted by Crippen LogP contribution is 2.09. The van der Waals surface area contributed by atoms with E-state index in [9.17, 15) is 4.79 Å². The summed E-state index contributed by atoms with van der Waals surface area (Å²) in [5, 5.41) is 0. The van der Waals surface area contributed by atoms with E-state index in [1.165, 1.54) is 0 Å². The standard InChI is InChI=1S/C16H24N2O2/c1-4-11-18(5-2,6-3)12-13-20-16(19)14-7-9-15(17)10-8-14/h4,7-10H,1,5-6,11-13H2,2-3H3,(H-,17,19)/p+1. The topological polar surface area (TPSA) is 52.3 Å². The van der Waals surface area contributed by atoms with Crippen LogP contribution in [0.15, 0.2) is 36.9 Å². The van der Waals surface area contributed by atoms with Crippen LogP contribution in [0.2, 0.25) is 0 Å². The molecule has 2 N–H and O–H groups in total. The minimum Gasteiger partial charge on any atom is -0.456 e. The number of benzene rings is 1. The fourth-order valence-corrected chi connectivity index (χ4v) is 2.20. The van der Waals surface area contributed by atoms with E-state index in [2.05, 4.69) is 20.4 Å². The molecule has 0 heterocycles. The van der Waals surface area contributed by atoms with Crippen molar-refractivity contribution in [3.05, 3.63) is 42.5 Å². The zero-order valence-electron chi connectivity index (χ0n) is 12.5.